The van der Waals surface area contributed by atoms with Crippen LogP contribution in [0, 0.1) is 5.41 Å². The van der Waals surface area contributed by atoms with E-state index in [0.29, 0.717) is 0 Å². The van der Waals surface area contributed by atoms with Crippen molar-refractivity contribution < 1.29 is 9.53 Å². The Balaban J connectivity index is 2.01. The molecular weight excluding hydrogens is 328 g/mol. The molecule has 1 aliphatic carbocycles. The van der Waals surface area contributed by atoms with Crippen molar-refractivity contribution in [1.29, 1.82) is 0 Å². The summed E-state index contributed by atoms with van der Waals surface area (Å²) in [6.45, 7) is 2.00. The molecule has 1 saturated carbocycles. The van der Waals surface area contributed by atoms with Crippen LogP contribution >= 0.6 is 15.9 Å². The highest BCUT2D eigenvalue weighted by Crippen LogP contribution is 2.70. The van der Waals surface area contributed by atoms with E-state index in [-0.39, 0.29) is 17.8 Å². The van der Waals surface area contributed by atoms with Crippen LogP contribution in [0.3, 0.4) is 0 Å². The minimum Gasteiger partial charge on any atom is -0.469 e. The summed E-state index contributed by atoms with van der Waals surface area (Å²) in [6.07, 6.45) is 0. The van der Waals surface area contributed by atoms with Gasteiger partial charge in [0.25, 0.3) is 0 Å². The average molecular weight is 345 g/mol. The Morgan fingerprint density at radius 1 is 1.00 bits per heavy atom. The Kier molecular flexibility index (Phi) is 3.62. The minimum absolute atomic E-state index is 0.135. The molecule has 0 aromatic heterocycles. The first kappa shape index (κ1) is 14.3. The van der Waals surface area contributed by atoms with Gasteiger partial charge in [0.05, 0.1) is 12.5 Å². The smallest absolute Gasteiger partial charge is 0.312 e. The molecule has 0 N–H and O–H groups in total. The summed E-state index contributed by atoms with van der Waals surface area (Å²) < 4.78 is 6.10. The highest BCUT2D eigenvalue weighted by atomic mass is 79.9. The standard InChI is InChI=1S/C18H17BrO2/c1-18(17(20)21-2)15(12-6-4-3-5-7-12)16(18)13-8-10-14(19)11-9-13/h3-11,15-16H,1-2H3/t15?,16-,18-/m1/s1. The van der Waals surface area contributed by atoms with E-state index in [4.69, 9.17) is 4.74 Å². The van der Waals surface area contributed by atoms with Crippen LogP contribution in [-0.2, 0) is 9.53 Å². The molecule has 3 heteroatoms. The molecule has 3 atom stereocenters. The number of carbonyl (C=O) groups is 1. The van der Waals surface area contributed by atoms with Gasteiger partial charge in [-0.3, -0.25) is 4.79 Å². The van der Waals surface area contributed by atoms with Crippen molar-refractivity contribution in [2.75, 3.05) is 7.11 Å². The summed E-state index contributed by atoms with van der Waals surface area (Å²) in [5.74, 6) is 0.206. The fourth-order valence-electron chi connectivity index (χ4n) is 3.39. The second-order valence-electron chi connectivity index (χ2n) is 5.69. The zero-order chi connectivity index (χ0) is 15.0. The number of hydrogen-bond donors (Lipinski definition) is 0. The molecule has 0 spiro atoms. The molecule has 0 radical (unpaired) electrons. The molecule has 2 aromatic rings. The van der Waals surface area contributed by atoms with Gasteiger partial charge in [0.2, 0.25) is 0 Å². The number of carbonyl (C=O) groups excluding carboxylic acids is 1. The van der Waals surface area contributed by atoms with Crippen molar-refractivity contribution >= 4 is 21.9 Å². The van der Waals surface area contributed by atoms with E-state index < -0.39 is 5.41 Å². The molecule has 0 bridgehead atoms. The molecule has 0 amide bonds. The lowest BCUT2D eigenvalue weighted by Gasteiger charge is -2.09. The van der Waals surface area contributed by atoms with Crippen molar-refractivity contribution in [3.63, 3.8) is 0 Å². The summed E-state index contributed by atoms with van der Waals surface area (Å²) in [4.78, 5) is 12.3. The van der Waals surface area contributed by atoms with Crippen LogP contribution < -0.4 is 0 Å². The fraction of sp³-hybridized carbons (Fsp3) is 0.278. The van der Waals surface area contributed by atoms with E-state index in [9.17, 15) is 4.79 Å². The topological polar surface area (TPSA) is 26.3 Å². The van der Waals surface area contributed by atoms with Crippen molar-refractivity contribution in [3.05, 3.63) is 70.2 Å². The number of rotatable bonds is 3. The molecule has 3 rings (SSSR count). The van der Waals surface area contributed by atoms with Crippen molar-refractivity contribution in [2.45, 2.75) is 18.8 Å². The molecule has 2 nitrogen and oxygen atoms in total. The van der Waals surface area contributed by atoms with Crippen molar-refractivity contribution in [3.8, 4) is 0 Å². The molecular formula is C18H17BrO2. The van der Waals surface area contributed by atoms with Gasteiger partial charge < -0.3 is 4.74 Å². The minimum atomic E-state index is -0.482. The van der Waals surface area contributed by atoms with E-state index in [2.05, 4.69) is 40.2 Å². The second kappa shape index (κ2) is 5.30. The maximum atomic E-state index is 12.3. The quantitative estimate of drug-likeness (QED) is 0.765. The molecule has 1 aliphatic rings. The lowest BCUT2D eigenvalue weighted by Crippen LogP contribution is -2.17. The fourth-order valence-corrected chi connectivity index (χ4v) is 3.66. The number of ether oxygens (including phenoxy) is 1. The normalized spacial score (nSPS) is 27.2. The first-order chi connectivity index (χ1) is 10.1. The number of hydrogen-bond acceptors (Lipinski definition) is 2. The number of methoxy groups -OCH3 is 1. The van der Waals surface area contributed by atoms with Crippen LogP contribution in [0.25, 0.3) is 0 Å². The Labute approximate surface area is 133 Å². The van der Waals surface area contributed by atoms with Gasteiger partial charge in [0, 0.05) is 16.3 Å². The highest BCUT2D eigenvalue weighted by molar-refractivity contribution is 9.10. The first-order valence-corrected chi connectivity index (χ1v) is 7.77. The molecule has 0 aliphatic heterocycles. The lowest BCUT2D eigenvalue weighted by atomic mass is 10.0. The van der Waals surface area contributed by atoms with E-state index in [1.54, 1.807) is 0 Å². The van der Waals surface area contributed by atoms with Gasteiger partial charge in [-0.15, -0.1) is 0 Å². The zero-order valence-electron chi connectivity index (χ0n) is 12.0. The van der Waals surface area contributed by atoms with Crippen LogP contribution in [0.1, 0.15) is 29.9 Å². The zero-order valence-corrected chi connectivity index (χ0v) is 13.6. The van der Waals surface area contributed by atoms with Gasteiger partial charge in [0.1, 0.15) is 0 Å². The number of halogens is 1. The summed E-state index contributed by atoms with van der Waals surface area (Å²) in [5.41, 5.74) is 1.89. The van der Waals surface area contributed by atoms with E-state index in [1.807, 2.05) is 37.3 Å². The predicted molar refractivity (Wildman–Crippen MR) is 86.2 cm³/mol. The molecule has 1 fully saturated rings. The third kappa shape index (κ3) is 2.30. The van der Waals surface area contributed by atoms with Crippen LogP contribution in [0.2, 0.25) is 0 Å². The molecule has 1 unspecified atom stereocenters. The van der Waals surface area contributed by atoms with E-state index in [0.717, 1.165) is 4.47 Å². The monoisotopic (exact) mass is 344 g/mol. The van der Waals surface area contributed by atoms with Gasteiger partial charge in [-0.1, -0.05) is 58.4 Å². The van der Waals surface area contributed by atoms with Gasteiger partial charge in [0.15, 0.2) is 0 Å². The van der Waals surface area contributed by atoms with Gasteiger partial charge in [-0.2, -0.15) is 0 Å². The summed E-state index contributed by atoms with van der Waals surface area (Å²) in [7, 11) is 1.46. The third-order valence-electron chi connectivity index (χ3n) is 4.53. The van der Waals surface area contributed by atoms with Crippen molar-refractivity contribution in [2.24, 2.45) is 5.41 Å². The Bertz CT molecular complexity index is 651. The lowest BCUT2D eigenvalue weighted by molar-refractivity contribution is -0.146. The first-order valence-electron chi connectivity index (χ1n) is 6.98. The SMILES string of the molecule is COC(=O)[C@]1(C)C(c2ccccc2)[C@H]1c1ccc(Br)cc1. The van der Waals surface area contributed by atoms with E-state index >= 15 is 0 Å². The summed E-state index contributed by atoms with van der Waals surface area (Å²) in [6, 6.07) is 18.4. The molecule has 108 valence electrons. The summed E-state index contributed by atoms with van der Waals surface area (Å²) >= 11 is 3.45. The van der Waals surface area contributed by atoms with Gasteiger partial charge in [-0.05, 0) is 30.2 Å². The Morgan fingerprint density at radius 2 is 1.52 bits per heavy atom. The van der Waals surface area contributed by atoms with Crippen molar-refractivity contribution in [1.82, 2.24) is 0 Å². The summed E-state index contributed by atoms with van der Waals surface area (Å²) in [5, 5.41) is 0. The maximum Gasteiger partial charge on any atom is 0.312 e. The van der Waals surface area contributed by atoms with Gasteiger partial charge >= 0.3 is 5.97 Å². The predicted octanol–water partition coefficient (Wildman–Crippen LogP) is 4.51. The number of esters is 1. The van der Waals surface area contributed by atoms with Crippen LogP contribution in [-0.4, -0.2) is 13.1 Å². The largest absolute Gasteiger partial charge is 0.469 e. The highest BCUT2D eigenvalue weighted by Gasteiger charge is 2.67. The van der Waals surface area contributed by atoms with E-state index in [1.165, 1.54) is 18.2 Å². The van der Waals surface area contributed by atoms with Crippen LogP contribution in [0.15, 0.2) is 59.1 Å². The van der Waals surface area contributed by atoms with Crippen LogP contribution in [0.5, 0.6) is 0 Å². The Hall–Kier alpha value is -1.61. The molecule has 0 heterocycles. The van der Waals surface area contributed by atoms with Gasteiger partial charge in [-0.25, -0.2) is 0 Å². The molecule has 0 saturated heterocycles. The molecule has 21 heavy (non-hydrogen) atoms. The third-order valence-corrected chi connectivity index (χ3v) is 5.06. The maximum absolute atomic E-state index is 12.3. The Morgan fingerprint density at radius 3 is 2.05 bits per heavy atom. The average Bonchev–Trinajstić information content (AvgIpc) is 3.15. The second-order valence-corrected chi connectivity index (χ2v) is 6.61. The number of benzene rings is 2. The van der Waals surface area contributed by atoms with Crippen LogP contribution in [0.4, 0.5) is 0 Å². The molecule has 2 aromatic carbocycles.